The fourth-order valence-corrected chi connectivity index (χ4v) is 5.54. The van der Waals surface area contributed by atoms with Crippen molar-refractivity contribution in [2.45, 2.75) is 59.3 Å². The van der Waals surface area contributed by atoms with Gasteiger partial charge in [-0.3, -0.25) is 4.79 Å². The zero-order chi connectivity index (χ0) is 31.6. The Morgan fingerprint density at radius 2 is 1.89 bits per heavy atom. The van der Waals surface area contributed by atoms with Crippen LogP contribution in [-0.2, 0) is 11.5 Å². The second-order valence-corrected chi connectivity index (χ2v) is 17.7. The van der Waals surface area contributed by atoms with Crippen molar-refractivity contribution in [3.63, 3.8) is 0 Å². The smallest absolute Gasteiger partial charge is 0.251 e. The van der Waals surface area contributed by atoms with Crippen LogP contribution in [0.3, 0.4) is 0 Å². The number of amides is 1. The van der Waals surface area contributed by atoms with Crippen LogP contribution >= 0.6 is 0 Å². The van der Waals surface area contributed by atoms with Gasteiger partial charge in [0, 0.05) is 46.0 Å². The number of nitrogens with zero attached hydrogens (tertiary/aromatic N) is 4. The van der Waals surface area contributed by atoms with E-state index in [0.29, 0.717) is 59.3 Å². The number of benzene rings is 2. The van der Waals surface area contributed by atoms with Gasteiger partial charge in [-0.05, 0) is 55.8 Å². The molecular formula is C32H40N6O5Si. The van der Waals surface area contributed by atoms with E-state index in [1.807, 2.05) is 49.7 Å². The number of rotatable bonds is 12. The molecule has 0 radical (unpaired) electrons. The average Bonchev–Trinajstić information content (AvgIpc) is 3.53. The third-order valence-corrected chi connectivity index (χ3v) is 8.70. The van der Waals surface area contributed by atoms with E-state index in [9.17, 15) is 4.79 Å². The molecule has 44 heavy (non-hydrogen) atoms. The molecule has 2 aromatic carbocycles. The lowest BCUT2D eigenvalue weighted by molar-refractivity contribution is 0.0899. The molecule has 0 unspecified atom stereocenters. The summed E-state index contributed by atoms with van der Waals surface area (Å²) in [5, 5.41) is 6.66. The Balaban J connectivity index is 1.63. The molecule has 2 N–H and O–H groups in total. The molecule has 5 rings (SSSR count). The van der Waals surface area contributed by atoms with Gasteiger partial charge >= 0.3 is 0 Å². The fourth-order valence-electron chi connectivity index (χ4n) is 4.78. The van der Waals surface area contributed by atoms with Gasteiger partial charge in [-0.1, -0.05) is 25.7 Å². The molecule has 0 aliphatic heterocycles. The summed E-state index contributed by atoms with van der Waals surface area (Å²) in [6.45, 7) is 13.7. The molecule has 1 amide bonds. The number of hydrogen-bond acceptors (Lipinski definition) is 9. The molecule has 232 valence electrons. The highest BCUT2D eigenvalue weighted by atomic mass is 28.3. The highest BCUT2D eigenvalue weighted by Gasteiger charge is 2.22. The molecule has 12 heteroatoms. The van der Waals surface area contributed by atoms with Gasteiger partial charge in [-0.15, -0.1) is 0 Å². The second-order valence-electron chi connectivity index (χ2n) is 12.1. The van der Waals surface area contributed by atoms with Crippen LogP contribution in [0.2, 0.25) is 25.7 Å². The number of carbonyl (C=O) groups excluding carboxylic acids is 1. The first-order valence-electron chi connectivity index (χ1n) is 14.7. The highest BCUT2D eigenvalue weighted by molar-refractivity contribution is 6.76. The van der Waals surface area contributed by atoms with Crippen LogP contribution in [0.4, 0.5) is 11.6 Å². The van der Waals surface area contributed by atoms with E-state index in [-0.39, 0.29) is 12.0 Å². The molecule has 0 aliphatic carbocycles. The molecule has 0 saturated heterocycles. The maximum atomic E-state index is 12.2. The number of hydrogen-bond donors (Lipinski definition) is 2. The molecule has 0 fully saturated rings. The van der Waals surface area contributed by atoms with E-state index in [1.54, 1.807) is 32.4 Å². The Bertz CT molecular complexity index is 1810. The summed E-state index contributed by atoms with van der Waals surface area (Å²) in [6, 6.07) is 12.1. The van der Waals surface area contributed by atoms with Crippen LogP contribution in [0.1, 0.15) is 30.1 Å². The predicted molar refractivity (Wildman–Crippen MR) is 175 cm³/mol. The molecule has 0 aliphatic rings. The minimum Gasteiger partial charge on any atom is -0.495 e. The van der Waals surface area contributed by atoms with Gasteiger partial charge in [-0.2, -0.15) is 9.97 Å². The maximum Gasteiger partial charge on any atom is 0.251 e. The summed E-state index contributed by atoms with van der Waals surface area (Å²) >= 11 is 0. The van der Waals surface area contributed by atoms with Crippen molar-refractivity contribution < 1.29 is 23.4 Å². The number of methoxy groups -OCH3 is 1. The minimum absolute atomic E-state index is 0.147. The lowest BCUT2D eigenvalue weighted by atomic mass is 10.1. The van der Waals surface area contributed by atoms with Gasteiger partial charge < -0.3 is 33.8 Å². The SMILES string of the molecule is CNC(=O)c1ccc(Nc2nc(OC(C)C)c3c(-c4ccc5nc(C)oc5c4)cn(COCC[Si](C)(C)C)c3n2)c(OC)c1. The van der Waals surface area contributed by atoms with Crippen LogP contribution in [0.15, 0.2) is 47.0 Å². The van der Waals surface area contributed by atoms with E-state index in [1.165, 1.54) is 0 Å². The summed E-state index contributed by atoms with van der Waals surface area (Å²) in [5.74, 6) is 1.62. The Hall–Kier alpha value is -4.42. The first kappa shape index (κ1) is 31.0. The van der Waals surface area contributed by atoms with Gasteiger partial charge in [0.1, 0.15) is 18.0 Å². The van der Waals surface area contributed by atoms with E-state index in [4.69, 9.17) is 28.6 Å². The van der Waals surface area contributed by atoms with Crippen molar-refractivity contribution >= 4 is 47.7 Å². The molecule has 0 atom stereocenters. The zero-order valence-electron chi connectivity index (χ0n) is 26.6. The summed E-state index contributed by atoms with van der Waals surface area (Å²) in [5.41, 5.74) is 5.03. The molecule has 0 bridgehead atoms. The quantitative estimate of drug-likeness (QED) is 0.115. The van der Waals surface area contributed by atoms with Crippen molar-refractivity contribution in [3.05, 3.63) is 54.0 Å². The van der Waals surface area contributed by atoms with Crippen molar-refractivity contribution in [2.24, 2.45) is 0 Å². The first-order chi connectivity index (χ1) is 21.0. The average molecular weight is 617 g/mol. The van der Waals surface area contributed by atoms with Crippen molar-refractivity contribution in [1.29, 1.82) is 0 Å². The van der Waals surface area contributed by atoms with E-state index >= 15 is 0 Å². The molecule has 11 nitrogen and oxygen atoms in total. The minimum atomic E-state index is -1.27. The normalized spacial score (nSPS) is 11.8. The van der Waals surface area contributed by atoms with E-state index in [0.717, 1.165) is 28.1 Å². The van der Waals surface area contributed by atoms with Crippen molar-refractivity contribution in [1.82, 2.24) is 24.8 Å². The highest BCUT2D eigenvalue weighted by Crippen LogP contribution is 2.39. The van der Waals surface area contributed by atoms with Crippen LogP contribution < -0.4 is 20.1 Å². The largest absolute Gasteiger partial charge is 0.495 e. The van der Waals surface area contributed by atoms with Gasteiger partial charge in [0.15, 0.2) is 17.1 Å². The third-order valence-electron chi connectivity index (χ3n) is 7.00. The topological polar surface area (TPSA) is 126 Å². The Kier molecular flexibility index (Phi) is 8.93. The maximum absolute atomic E-state index is 12.2. The number of aryl methyl sites for hydroxylation is 1. The number of anilines is 2. The molecule has 0 spiro atoms. The molecule has 0 saturated carbocycles. The van der Waals surface area contributed by atoms with Crippen LogP contribution in [0, 0.1) is 6.92 Å². The number of nitrogens with one attached hydrogen (secondary N) is 2. The number of ether oxygens (including phenoxy) is 3. The van der Waals surface area contributed by atoms with E-state index < -0.39 is 8.07 Å². The zero-order valence-corrected chi connectivity index (χ0v) is 27.6. The third kappa shape index (κ3) is 6.86. The summed E-state index contributed by atoms with van der Waals surface area (Å²) in [7, 11) is 1.87. The van der Waals surface area contributed by atoms with Crippen molar-refractivity contribution in [2.75, 3.05) is 26.1 Å². The summed E-state index contributed by atoms with van der Waals surface area (Å²) in [6.07, 6.45) is 1.87. The van der Waals surface area contributed by atoms with Crippen LogP contribution in [0.5, 0.6) is 11.6 Å². The van der Waals surface area contributed by atoms with Crippen molar-refractivity contribution in [3.8, 4) is 22.8 Å². The molecule has 3 heterocycles. The Morgan fingerprint density at radius 1 is 1.09 bits per heavy atom. The number of oxazole rings is 1. The monoisotopic (exact) mass is 616 g/mol. The fraction of sp³-hybridized carbons (Fsp3) is 0.375. The van der Waals surface area contributed by atoms with Gasteiger partial charge in [0.05, 0.1) is 24.3 Å². The number of aromatic nitrogens is 4. The van der Waals surface area contributed by atoms with Crippen LogP contribution in [0.25, 0.3) is 33.3 Å². The Labute approximate surface area is 258 Å². The molecular weight excluding hydrogens is 576 g/mol. The lowest BCUT2D eigenvalue weighted by Crippen LogP contribution is -2.22. The van der Waals surface area contributed by atoms with Crippen LogP contribution in [-0.4, -0.2) is 60.4 Å². The van der Waals surface area contributed by atoms with Gasteiger partial charge in [-0.25, -0.2) is 4.98 Å². The second kappa shape index (κ2) is 12.7. The Morgan fingerprint density at radius 3 is 2.59 bits per heavy atom. The number of carbonyl (C=O) groups is 1. The molecule has 3 aromatic heterocycles. The first-order valence-corrected chi connectivity index (χ1v) is 18.4. The summed E-state index contributed by atoms with van der Waals surface area (Å²) < 4.78 is 25.9. The van der Waals surface area contributed by atoms with E-state index in [2.05, 4.69) is 35.3 Å². The number of fused-ring (bicyclic) bond motifs is 2. The van der Waals surface area contributed by atoms with Gasteiger partial charge in [0.2, 0.25) is 11.8 Å². The standard InChI is InChI=1S/C32H40N6O5Si/c1-19(2)42-31-28-23(21-9-11-25-27(15-21)43-20(3)34-25)17-38(18-41-13-14-44(6,7)8)29(28)36-32(37-31)35-24-12-10-22(30(39)33-4)16-26(24)40-5/h9-12,15-17,19H,13-14,18H2,1-8H3,(H,33,39)(H,35,36,37). The lowest BCUT2D eigenvalue weighted by Gasteiger charge is -2.16. The van der Waals surface area contributed by atoms with Gasteiger partial charge in [0.25, 0.3) is 5.91 Å². The molecule has 5 aromatic rings. The summed E-state index contributed by atoms with van der Waals surface area (Å²) in [4.78, 5) is 26.4. The predicted octanol–water partition coefficient (Wildman–Crippen LogP) is 6.76.